The van der Waals surface area contributed by atoms with E-state index in [4.69, 9.17) is 11.6 Å². The highest BCUT2D eigenvalue weighted by Gasteiger charge is 2.15. The summed E-state index contributed by atoms with van der Waals surface area (Å²) in [6, 6.07) is 13.5. The summed E-state index contributed by atoms with van der Waals surface area (Å²) in [5.74, 6) is 0. The SMILES string of the molecule is O=c1c2c(-c3ccc([N+](=O)[O-])cc3)csc2ncn1Cc1ccccc1Cl. The lowest BCUT2D eigenvalue weighted by molar-refractivity contribution is -0.384. The summed E-state index contributed by atoms with van der Waals surface area (Å²) in [4.78, 5) is 28.5. The summed E-state index contributed by atoms with van der Waals surface area (Å²) < 4.78 is 1.52. The van der Waals surface area contributed by atoms with Crippen molar-refractivity contribution in [1.82, 2.24) is 9.55 Å². The topological polar surface area (TPSA) is 78.0 Å². The van der Waals surface area contributed by atoms with Gasteiger partial charge >= 0.3 is 0 Å². The fourth-order valence-electron chi connectivity index (χ4n) is 2.87. The predicted octanol–water partition coefficient (Wildman–Crippen LogP) is 4.73. The van der Waals surface area contributed by atoms with E-state index < -0.39 is 4.92 Å². The normalized spacial score (nSPS) is 11.0. The van der Waals surface area contributed by atoms with Crippen LogP contribution in [-0.4, -0.2) is 14.5 Å². The van der Waals surface area contributed by atoms with Gasteiger partial charge in [0, 0.05) is 28.1 Å². The average Bonchev–Trinajstić information content (AvgIpc) is 3.10. The van der Waals surface area contributed by atoms with Gasteiger partial charge in [-0.05, 0) is 29.3 Å². The number of benzene rings is 2. The van der Waals surface area contributed by atoms with Gasteiger partial charge in [-0.2, -0.15) is 0 Å². The second-order valence-electron chi connectivity index (χ2n) is 5.90. The first-order valence-electron chi connectivity index (χ1n) is 7.99. The van der Waals surface area contributed by atoms with Gasteiger partial charge in [-0.1, -0.05) is 29.8 Å². The molecule has 0 fully saturated rings. The molecule has 0 N–H and O–H groups in total. The van der Waals surface area contributed by atoms with Gasteiger partial charge in [0.1, 0.15) is 4.83 Å². The maximum absolute atomic E-state index is 13.1. The highest BCUT2D eigenvalue weighted by Crippen LogP contribution is 2.31. The van der Waals surface area contributed by atoms with Crippen molar-refractivity contribution in [1.29, 1.82) is 0 Å². The lowest BCUT2D eigenvalue weighted by Crippen LogP contribution is -2.21. The number of aromatic nitrogens is 2. The van der Waals surface area contributed by atoms with Crippen molar-refractivity contribution in [2.24, 2.45) is 0 Å². The molecule has 2 aromatic carbocycles. The second kappa shape index (κ2) is 6.94. The Morgan fingerprint density at radius 1 is 1.15 bits per heavy atom. The number of thiophene rings is 1. The molecule has 4 rings (SSSR count). The summed E-state index contributed by atoms with van der Waals surface area (Å²) in [5, 5.41) is 13.8. The molecular formula is C19H12ClN3O3S. The van der Waals surface area contributed by atoms with Gasteiger partial charge in [0.15, 0.2) is 0 Å². The average molecular weight is 398 g/mol. The third-order valence-electron chi connectivity index (χ3n) is 4.25. The van der Waals surface area contributed by atoms with E-state index in [1.54, 1.807) is 18.2 Å². The van der Waals surface area contributed by atoms with Crippen molar-refractivity contribution in [2.45, 2.75) is 6.54 Å². The fraction of sp³-hybridized carbons (Fsp3) is 0.0526. The number of halogens is 1. The van der Waals surface area contributed by atoms with Crippen LogP contribution in [0.4, 0.5) is 5.69 Å². The fourth-order valence-corrected chi connectivity index (χ4v) is 3.97. The maximum atomic E-state index is 13.1. The van der Waals surface area contributed by atoms with Crippen molar-refractivity contribution in [2.75, 3.05) is 0 Å². The minimum absolute atomic E-state index is 0.00698. The Hall–Kier alpha value is -3.03. The summed E-state index contributed by atoms with van der Waals surface area (Å²) in [7, 11) is 0. The first-order valence-corrected chi connectivity index (χ1v) is 9.25. The van der Waals surface area contributed by atoms with Crippen LogP contribution in [0, 0.1) is 10.1 Å². The molecule has 134 valence electrons. The molecule has 4 aromatic rings. The monoisotopic (exact) mass is 397 g/mol. The number of rotatable bonds is 4. The molecule has 0 spiro atoms. The maximum Gasteiger partial charge on any atom is 0.269 e. The quantitative estimate of drug-likeness (QED) is 0.368. The largest absolute Gasteiger partial charge is 0.294 e. The minimum atomic E-state index is -0.451. The molecule has 2 heterocycles. The zero-order valence-corrected chi connectivity index (χ0v) is 15.4. The molecule has 0 saturated carbocycles. The van der Waals surface area contributed by atoms with Crippen molar-refractivity contribution in [3.63, 3.8) is 0 Å². The van der Waals surface area contributed by atoms with E-state index in [2.05, 4.69) is 4.98 Å². The van der Waals surface area contributed by atoms with Crippen LogP contribution in [-0.2, 0) is 6.54 Å². The van der Waals surface area contributed by atoms with Crippen LogP contribution < -0.4 is 5.56 Å². The number of non-ortho nitro benzene ring substituents is 1. The molecule has 2 aromatic heterocycles. The molecule has 8 heteroatoms. The molecule has 0 saturated heterocycles. The van der Waals surface area contributed by atoms with E-state index in [1.165, 1.54) is 34.4 Å². The third-order valence-corrected chi connectivity index (χ3v) is 5.50. The molecule has 0 aliphatic heterocycles. The molecule has 6 nitrogen and oxygen atoms in total. The Labute approximate surface area is 162 Å². The van der Waals surface area contributed by atoms with Gasteiger partial charge in [-0.25, -0.2) is 4.98 Å². The standard InChI is InChI=1S/C19H12ClN3O3S/c20-16-4-2-1-3-13(16)9-22-11-21-18-17(19(22)24)15(10-27-18)12-5-7-14(8-6-12)23(25)26/h1-8,10-11H,9H2. The van der Waals surface area contributed by atoms with Gasteiger partial charge in [-0.3, -0.25) is 19.5 Å². The van der Waals surface area contributed by atoms with Gasteiger partial charge in [0.2, 0.25) is 0 Å². The minimum Gasteiger partial charge on any atom is -0.294 e. The van der Waals surface area contributed by atoms with Gasteiger partial charge in [0.05, 0.1) is 23.2 Å². The summed E-state index contributed by atoms with van der Waals surface area (Å²) in [6.07, 6.45) is 1.52. The van der Waals surface area contributed by atoms with Crippen molar-refractivity contribution in [3.8, 4) is 11.1 Å². The zero-order chi connectivity index (χ0) is 19.0. The van der Waals surface area contributed by atoms with E-state index in [-0.39, 0.29) is 11.2 Å². The number of nitro groups is 1. The summed E-state index contributed by atoms with van der Waals surface area (Å²) >= 11 is 7.57. The molecular weight excluding hydrogens is 386 g/mol. The Bertz CT molecular complexity index is 1220. The van der Waals surface area contributed by atoms with Crippen LogP contribution in [0.3, 0.4) is 0 Å². The lowest BCUT2D eigenvalue weighted by Gasteiger charge is -2.08. The Morgan fingerprint density at radius 3 is 2.59 bits per heavy atom. The first-order chi connectivity index (χ1) is 13.0. The molecule has 0 radical (unpaired) electrons. The number of nitrogens with zero attached hydrogens (tertiary/aromatic N) is 3. The van der Waals surface area contributed by atoms with Gasteiger partial charge < -0.3 is 0 Å². The number of nitro benzene ring substituents is 1. The number of hydrogen-bond acceptors (Lipinski definition) is 5. The first kappa shape index (κ1) is 17.4. The second-order valence-corrected chi connectivity index (χ2v) is 7.17. The molecule has 27 heavy (non-hydrogen) atoms. The number of fused-ring (bicyclic) bond motifs is 1. The van der Waals surface area contributed by atoms with Crippen molar-refractivity contribution in [3.05, 3.63) is 91.3 Å². The van der Waals surface area contributed by atoms with Crippen molar-refractivity contribution >= 4 is 38.8 Å². The van der Waals surface area contributed by atoms with Gasteiger partial charge in [0.25, 0.3) is 11.2 Å². The van der Waals surface area contributed by atoms with E-state index >= 15 is 0 Å². The van der Waals surface area contributed by atoms with Gasteiger partial charge in [-0.15, -0.1) is 11.3 Å². The molecule has 0 unspecified atom stereocenters. The van der Waals surface area contributed by atoms with E-state index in [9.17, 15) is 14.9 Å². The molecule has 0 amide bonds. The van der Waals surface area contributed by atoms with E-state index in [0.29, 0.717) is 21.8 Å². The molecule has 0 bridgehead atoms. The summed E-state index contributed by atoms with van der Waals surface area (Å²) in [5.41, 5.74) is 2.12. The molecule has 0 aliphatic rings. The Balaban J connectivity index is 1.81. The van der Waals surface area contributed by atoms with Crippen LogP contribution in [0.1, 0.15) is 5.56 Å². The summed E-state index contributed by atoms with van der Waals surface area (Å²) in [6.45, 7) is 0.316. The highest BCUT2D eigenvalue weighted by molar-refractivity contribution is 7.17. The smallest absolute Gasteiger partial charge is 0.269 e. The highest BCUT2D eigenvalue weighted by atomic mass is 35.5. The number of hydrogen-bond donors (Lipinski definition) is 0. The lowest BCUT2D eigenvalue weighted by atomic mass is 10.1. The Kier molecular flexibility index (Phi) is 4.47. The Morgan fingerprint density at radius 2 is 1.89 bits per heavy atom. The van der Waals surface area contributed by atoms with Crippen molar-refractivity contribution < 1.29 is 4.92 Å². The van der Waals surface area contributed by atoms with Crippen LogP contribution in [0.5, 0.6) is 0 Å². The molecule has 0 aliphatic carbocycles. The third kappa shape index (κ3) is 3.22. The predicted molar refractivity (Wildman–Crippen MR) is 107 cm³/mol. The van der Waals surface area contributed by atoms with Crippen LogP contribution in [0.15, 0.2) is 65.0 Å². The van der Waals surface area contributed by atoms with E-state index in [1.807, 2.05) is 23.6 Å². The molecule has 0 atom stereocenters. The van der Waals surface area contributed by atoms with Crippen LogP contribution >= 0.6 is 22.9 Å². The van der Waals surface area contributed by atoms with Crippen LogP contribution in [0.25, 0.3) is 21.3 Å². The van der Waals surface area contributed by atoms with E-state index in [0.717, 1.165) is 16.7 Å². The zero-order valence-electron chi connectivity index (χ0n) is 13.8. The van der Waals surface area contributed by atoms with Crippen LogP contribution in [0.2, 0.25) is 5.02 Å².